The minimum atomic E-state index is -0.519. The van der Waals surface area contributed by atoms with E-state index in [1.807, 2.05) is 31.3 Å². The lowest BCUT2D eigenvalue weighted by Crippen LogP contribution is -2.53. The zero-order valence-electron chi connectivity index (χ0n) is 14.6. The summed E-state index contributed by atoms with van der Waals surface area (Å²) in [5.74, 6) is -0.0420. The Balaban J connectivity index is 1.89. The number of fused-ring (bicyclic) bond motifs is 1. The first-order chi connectivity index (χ1) is 12.1. The van der Waals surface area contributed by atoms with Crippen LogP contribution in [0.4, 0.5) is 0 Å². The van der Waals surface area contributed by atoms with Gasteiger partial charge in [-0.2, -0.15) is 0 Å². The highest BCUT2D eigenvalue weighted by Gasteiger charge is 2.37. The predicted octanol–water partition coefficient (Wildman–Crippen LogP) is 1.52. The third kappa shape index (κ3) is 3.58. The van der Waals surface area contributed by atoms with Crippen LogP contribution in [0, 0.1) is 0 Å². The molecule has 25 heavy (non-hydrogen) atoms. The van der Waals surface area contributed by atoms with Crippen LogP contribution in [0.25, 0.3) is 0 Å². The molecule has 1 N–H and O–H groups in total. The lowest BCUT2D eigenvalue weighted by atomic mass is 9.93. The molecule has 2 heterocycles. The van der Waals surface area contributed by atoms with E-state index in [1.165, 1.54) is 6.26 Å². The molecule has 2 aromatic rings. The van der Waals surface area contributed by atoms with Crippen LogP contribution < -0.4 is 5.32 Å². The fraction of sp³-hybridized carbons (Fsp3) is 0.368. The third-order valence-corrected chi connectivity index (χ3v) is 4.60. The average Bonchev–Trinajstić information content (AvgIpc) is 3.18. The van der Waals surface area contributed by atoms with Gasteiger partial charge >= 0.3 is 0 Å². The van der Waals surface area contributed by atoms with E-state index in [0.29, 0.717) is 26.1 Å². The van der Waals surface area contributed by atoms with Gasteiger partial charge in [-0.3, -0.25) is 9.59 Å². The van der Waals surface area contributed by atoms with Crippen molar-refractivity contribution in [3.63, 3.8) is 0 Å². The first kappa shape index (κ1) is 17.2. The molecule has 1 aromatic heterocycles. The maximum Gasteiger partial charge on any atom is 0.290 e. The van der Waals surface area contributed by atoms with Crippen molar-refractivity contribution in [2.45, 2.75) is 19.0 Å². The standard InChI is InChI=1S/C19H23N3O3/c1-20-9-10-21(2)18(23)16-12-14-6-3-4-7-15(14)13-22(16)19(24)17-8-5-11-25-17/h3-8,11,16,20H,9-10,12-13H2,1-2H3. The van der Waals surface area contributed by atoms with E-state index < -0.39 is 6.04 Å². The molecule has 1 aliphatic rings. The van der Waals surface area contributed by atoms with Crippen molar-refractivity contribution in [1.29, 1.82) is 0 Å². The van der Waals surface area contributed by atoms with Crippen LogP contribution in [0.15, 0.2) is 47.1 Å². The number of furan rings is 1. The number of carbonyl (C=O) groups is 2. The molecule has 1 aliphatic heterocycles. The van der Waals surface area contributed by atoms with Gasteiger partial charge in [0, 0.05) is 33.1 Å². The van der Waals surface area contributed by atoms with Crippen molar-refractivity contribution in [2.24, 2.45) is 0 Å². The molecule has 0 saturated heterocycles. The molecule has 0 fully saturated rings. The van der Waals surface area contributed by atoms with E-state index in [4.69, 9.17) is 4.42 Å². The summed E-state index contributed by atoms with van der Waals surface area (Å²) in [5.41, 5.74) is 2.19. The van der Waals surface area contributed by atoms with Gasteiger partial charge in [0.15, 0.2) is 5.76 Å². The maximum atomic E-state index is 13.0. The minimum absolute atomic E-state index is 0.0512. The zero-order chi connectivity index (χ0) is 17.8. The van der Waals surface area contributed by atoms with E-state index >= 15 is 0 Å². The predicted molar refractivity (Wildman–Crippen MR) is 94.1 cm³/mol. The minimum Gasteiger partial charge on any atom is -0.459 e. The highest BCUT2D eigenvalue weighted by molar-refractivity contribution is 5.96. The van der Waals surface area contributed by atoms with E-state index in [2.05, 4.69) is 5.32 Å². The molecule has 6 heteroatoms. The molecule has 6 nitrogen and oxygen atoms in total. The van der Waals surface area contributed by atoms with E-state index in [0.717, 1.165) is 11.1 Å². The van der Waals surface area contributed by atoms with Crippen LogP contribution in [0.5, 0.6) is 0 Å². The lowest BCUT2D eigenvalue weighted by molar-refractivity contribution is -0.135. The monoisotopic (exact) mass is 341 g/mol. The summed E-state index contributed by atoms with van der Waals surface area (Å²) in [4.78, 5) is 29.1. The van der Waals surface area contributed by atoms with Gasteiger partial charge in [-0.25, -0.2) is 0 Å². The number of hydrogen-bond acceptors (Lipinski definition) is 4. The Hall–Kier alpha value is -2.60. The number of rotatable bonds is 5. The van der Waals surface area contributed by atoms with Crippen molar-refractivity contribution in [2.75, 3.05) is 27.2 Å². The number of carbonyl (C=O) groups excluding carboxylic acids is 2. The molecular formula is C19H23N3O3. The van der Waals surface area contributed by atoms with Gasteiger partial charge in [0.2, 0.25) is 5.91 Å². The number of benzene rings is 1. The van der Waals surface area contributed by atoms with Crippen LogP contribution in [-0.4, -0.2) is 54.8 Å². The first-order valence-electron chi connectivity index (χ1n) is 8.42. The fourth-order valence-electron chi connectivity index (χ4n) is 3.14. The largest absolute Gasteiger partial charge is 0.459 e. The van der Waals surface area contributed by atoms with Gasteiger partial charge in [0.1, 0.15) is 6.04 Å². The Labute approximate surface area is 147 Å². The fourth-order valence-corrected chi connectivity index (χ4v) is 3.14. The molecule has 1 aromatic carbocycles. The molecule has 0 radical (unpaired) electrons. The number of amides is 2. The van der Waals surface area contributed by atoms with Crippen LogP contribution in [0.2, 0.25) is 0 Å². The van der Waals surface area contributed by atoms with Crippen molar-refractivity contribution < 1.29 is 14.0 Å². The summed E-state index contributed by atoms with van der Waals surface area (Å²) in [7, 11) is 3.62. The summed E-state index contributed by atoms with van der Waals surface area (Å²) in [5, 5.41) is 3.04. The third-order valence-electron chi connectivity index (χ3n) is 4.60. The normalized spacial score (nSPS) is 16.4. The number of nitrogens with zero attached hydrogens (tertiary/aromatic N) is 2. The van der Waals surface area contributed by atoms with Gasteiger partial charge in [0.25, 0.3) is 5.91 Å². The maximum absolute atomic E-state index is 13.0. The Morgan fingerprint density at radius 3 is 2.68 bits per heavy atom. The van der Waals surface area contributed by atoms with Gasteiger partial charge in [0.05, 0.1) is 6.26 Å². The highest BCUT2D eigenvalue weighted by atomic mass is 16.3. The van der Waals surface area contributed by atoms with Gasteiger partial charge < -0.3 is 19.5 Å². The summed E-state index contributed by atoms with van der Waals surface area (Å²) in [6.07, 6.45) is 1.99. The number of hydrogen-bond donors (Lipinski definition) is 1. The van der Waals surface area contributed by atoms with Crippen molar-refractivity contribution >= 4 is 11.8 Å². The van der Waals surface area contributed by atoms with Crippen LogP contribution >= 0.6 is 0 Å². The van der Waals surface area contributed by atoms with Crippen molar-refractivity contribution in [3.05, 3.63) is 59.5 Å². The molecule has 0 bridgehead atoms. The molecule has 132 valence electrons. The van der Waals surface area contributed by atoms with Gasteiger partial charge in [-0.1, -0.05) is 24.3 Å². The second-order valence-corrected chi connectivity index (χ2v) is 6.26. The Morgan fingerprint density at radius 2 is 2.00 bits per heavy atom. The van der Waals surface area contributed by atoms with Crippen molar-refractivity contribution in [1.82, 2.24) is 15.1 Å². The quantitative estimate of drug-likeness (QED) is 0.896. The summed E-state index contributed by atoms with van der Waals surface area (Å²) < 4.78 is 5.26. The highest BCUT2D eigenvalue weighted by Crippen LogP contribution is 2.26. The van der Waals surface area contributed by atoms with Crippen LogP contribution in [-0.2, 0) is 17.8 Å². The summed E-state index contributed by atoms with van der Waals surface area (Å²) in [6.45, 7) is 1.71. The van der Waals surface area contributed by atoms with Crippen molar-refractivity contribution in [3.8, 4) is 0 Å². The Kier molecular flexibility index (Phi) is 5.19. The van der Waals surface area contributed by atoms with Crippen LogP contribution in [0.3, 0.4) is 0 Å². The molecule has 3 rings (SSSR count). The summed E-state index contributed by atoms with van der Waals surface area (Å²) >= 11 is 0. The topological polar surface area (TPSA) is 65.8 Å². The molecule has 1 atom stereocenters. The van der Waals surface area contributed by atoms with Crippen LogP contribution in [0.1, 0.15) is 21.7 Å². The smallest absolute Gasteiger partial charge is 0.290 e. The molecule has 0 aliphatic carbocycles. The van der Waals surface area contributed by atoms with E-state index in [9.17, 15) is 9.59 Å². The second kappa shape index (κ2) is 7.53. The molecule has 2 amide bonds. The second-order valence-electron chi connectivity index (χ2n) is 6.26. The number of likely N-dealkylation sites (N-methyl/N-ethyl adjacent to an activating group) is 2. The lowest BCUT2D eigenvalue weighted by Gasteiger charge is -2.37. The molecule has 0 saturated carbocycles. The Morgan fingerprint density at radius 1 is 1.24 bits per heavy atom. The zero-order valence-corrected chi connectivity index (χ0v) is 14.6. The molecule has 1 unspecified atom stereocenters. The first-order valence-corrected chi connectivity index (χ1v) is 8.42. The molecule has 0 spiro atoms. The average molecular weight is 341 g/mol. The van der Waals surface area contributed by atoms with Gasteiger partial charge in [-0.05, 0) is 30.3 Å². The van der Waals surface area contributed by atoms with E-state index in [1.54, 1.807) is 29.0 Å². The molecular weight excluding hydrogens is 318 g/mol. The SMILES string of the molecule is CNCCN(C)C(=O)C1Cc2ccccc2CN1C(=O)c1ccco1. The summed E-state index contributed by atoms with van der Waals surface area (Å²) in [6, 6.07) is 10.7. The van der Waals surface area contributed by atoms with Gasteiger partial charge in [-0.15, -0.1) is 0 Å². The van der Waals surface area contributed by atoms with E-state index in [-0.39, 0.29) is 17.6 Å². The Bertz CT molecular complexity index is 742. The number of nitrogens with one attached hydrogen (secondary N) is 1.